The van der Waals surface area contributed by atoms with Crippen molar-refractivity contribution in [2.24, 2.45) is 10.1 Å². The average molecular weight is 382 g/mol. The van der Waals surface area contributed by atoms with Crippen LogP contribution < -0.4 is 10.0 Å². The fourth-order valence-electron chi connectivity index (χ4n) is 2.38. The first kappa shape index (κ1) is 18.1. The standard InChI is InChI=1S/C16H13F3N4O2S/c17-16(18,19)15-10-23(9-14(22-15)11-2-1-7-21-8-11)12-3-5-13(6-4-12)26(20,24)25/h1-8,10H,9H2,(H2,20,24,25). The van der Waals surface area contributed by atoms with E-state index in [1.807, 2.05) is 0 Å². The first-order chi connectivity index (χ1) is 12.1. The smallest absolute Gasteiger partial charge is 0.340 e. The van der Waals surface area contributed by atoms with E-state index in [9.17, 15) is 21.6 Å². The summed E-state index contributed by atoms with van der Waals surface area (Å²) in [6, 6.07) is 8.47. The lowest BCUT2D eigenvalue weighted by Gasteiger charge is -2.27. The molecule has 26 heavy (non-hydrogen) atoms. The van der Waals surface area contributed by atoms with Gasteiger partial charge in [-0.25, -0.2) is 18.5 Å². The van der Waals surface area contributed by atoms with Crippen molar-refractivity contribution in [3.63, 3.8) is 0 Å². The van der Waals surface area contributed by atoms with E-state index < -0.39 is 21.9 Å². The van der Waals surface area contributed by atoms with Crippen LogP contribution in [0.2, 0.25) is 0 Å². The SMILES string of the molecule is NS(=O)(=O)c1ccc(N2C=C(C(F)(F)F)N=C(c3cccnc3)C2)cc1. The van der Waals surface area contributed by atoms with E-state index in [-0.39, 0.29) is 17.2 Å². The molecule has 136 valence electrons. The molecule has 1 aromatic heterocycles. The van der Waals surface area contributed by atoms with Gasteiger partial charge in [-0.3, -0.25) is 4.98 Å². The van der Waals surface area contributed by atoms with E-state index in [1.165, 1.54) is 41.6 Å². The predicted octanol–water partition coefficient (Wildman–Crippen LogP) is 2.44. The number of allylic oxidation sites excluding steroid dienone is 1. The van der Waals surface area contributed by atoms with Crippen molar-refractivity contribution in [1.82, 2.24) is 4.98 Å². The molecule has 2 aromatic rings. The monoisotopic (exact) mass is 382 g/mol. The Hall–Kier alpha value is -2.72. The fraction of sp³-hybridized carbons (Fsp3) is 0.125. The van der Waals surface area contributed by atoms with Gasteiger partial charge in [0.05, 0.1) is 17.2 Å². The summed E-state index contributed by atoms with van der Waals surface area (Å²) in [5.74, 6) is 0. The highest BCUT2D eigenvalue weighted by Crippen LogP contribution is 2.31. The Morgan fingerprint density at radius 1 is 1.12 bits per heavy atom. The number of sulfonamides is 1. The van der Waals surface area contributed by atoms with Gasteiger partial charge in [0.25, 0.3) is 0 Å². The Bertz CT molecular complexity index is 969. The number of aliphatic imine (C=N–C) groups is 1. The van der Waals surface area contributed by atoms with Crippen molar-refractivity contribution < 1.29 is 21.6 Å². The van der Waals surface area contributed by atoms with Gasteiger partial charge in [0, 0.05) is 29.8 Å². The molecule has 1 aliphatic heterocycles. The number of nitrogens with zero attached hydrogens (tertiary/aromatic N) is 3. The third kappa shape index (κ3) is 3.92. The molecule has 0 atom stereocenters. The normalized spacial score (nSPS) is 15.5. The van der Waals surface area contributed by atoms with Gasteiger partial charge >= 0.3 is 6.18 Å². The highest BCUT2D eigenvalue weighted by Gasteiger charge is 2.37. The quantitative estimate of drug-likeness (QED) is 0.883. The van der Waals surface area contributed by atoms with Crippen LogP contribution in [0, 0.1) is 0 Å². The molecule has 0 radical (unpaired) electrons. The average Bonchev–Trinajstić information content (AvgIpc) is 2.61. The van der Waals surface area contributed by atoms with Crippen LogP contribution >= 0.6 is 0 Å². The molecule has 0 unspecified atom stereocenters. The highest BCUT2D eigenvalue weighted by molar-refractivity contribution is 7.89. The van der Waals surface area contributed by atoms with Crippen molar-refractivity contribution >= 4 is 21.4 Å². The largest absolute Gasteiger partial charge is 0.434 e. The number of rotatable bonds is 3. The summed E-state index contributed by atoms with van der Waals surface area (Å²) in [4.78, 5) is 8.83. The first-order valence-electron chi connectivity index (χ1n) is 7.31. The van der Waals surface area contributed by atoms with E-state index in [2.05, 4.69) is 9.98 Å². The maximum Gasteiger partial charge on any atom is 0.434 e. The van der Waals surface area contributed by atoms with Crippen LogP contribution in [-0.4, -0.2) is 31.8 Å². The Morgan fingerprint density at radius 2 is 1.81 bits per heavy atom. The first-order valence-corrected chi connectivity index (χ1v) is 8.86. The van der Waals surface area contributed by atoms with Crippen molar-refractivity contribution in [3.05, 3.63) is 66.3 Å². The minimum Gasteiger partial charge on any atom is -0.340 e. The zero-order valence-corrected chi connectivity index (χ0v) is 14.0. The number of benzene rings is 1. The molecular formula is C16H13F3N4O2S. The third-order valence-corrected chi connectivity index (χ3v) is 4.56. The molecule has 1 aliphatic rings. The lowest BCUT2D eigenvalue weighted by molar-refractivity contribution is -0.0927. The second kappa shape index (κ2) is 6.54. The van der Waals surface area contributed by atoms with Crippen LogP contribution in [-0.2, 0) is 10.0 Å². The summed E-state index contributed by atoms with van der Waals surface area (Å²) >= 11 is 0. The van der Waals surface area contributed by atoms with Crippen molar-refractivity contribution in [3.8, 4) is 0 Å². The number of alkyl halides is 3. The number of pyridine rings is 1. The van der Waals surface area contributed by atoms with E-state index >= 15 is 0 Å². The van der Waals surface area contributed by atoms with Crippen LogP contribution in [0.4, 0.5) is 18.9 Å². The molecule has 0 saturated heterocycles. The topological polar surface area (TPSA) is 88.7 Å². The minimum atomic E-state index is -4.63. The Morgan fingerprint density at radius 3 is 2.35 bits per heavy atom. The number of primary sulfonamides is 1. The number of halogens is 3. The zero-order valence-electron chi connectivity index (χ0n) is 13.2. The number of nitrogens with two attached hydrogens (primary N) is 1. The van der Waals surface area contributed by atoms with Gasteiger partial charge in [-0.2, -0.15) is 13.2 Å². The van der Waals surface area contributed by atoms with Gasteiger partial charge in [-0.15, -0.1) is 0 Å². The number of aromatic nitrogens is 1. The molecule has 10 heteroatoms. The summed E-state index contributed by atoms with van der Waals surface area (Å²) in [6.07, 6.45) is -0.809. The van der Waals surface area contributed by atoms with Crippen molar-refractivity contribution in [1.29, 1.82) is 0 Å². The third-order valence-electron chi connectivity index (χ3n) is 3.64. The molecule has 0 spiro atoms. The molecule has 2 N–H and O–H groups in total. The van der Waals surface area contributed by atoms with Crippen LogP contribution in [0.25, 0.3) is 0 Å². The minimum absolute atomic E-state index is 0.0694. The van der Waals surface area contributed by atoms with Crippen LogP contribution in [0.15, 0.2) is 70.6 Å². The zero-order chi connectivity index (χ0) is 18.9. The molecule has 0 saturated carbocycles. The molecule has 2 heterocycles. The summed E-state index contributed by atoms with van der Waals surface area (Å²) in [7, 11) is -3.88. The van der Waals surface area contributed by atoms with E-state index in [4.69, 9.17) is 5.14 Å². The fourth-order valence-corrected chi connectivity index (χ4v) is 2.90. The maximum absolute atomic E-state index is 13.2. The molecule has 1 aromatic carbocycles. The Kier molecular flexibility index (Phi) is 4.55. The number of hydrogen-bond acceptors (Lipinski definition) is 5. The van der Waals surface area contributed by atoms with Crippen LogP contribution in [0.3, 0.4) is 0 Å². The Labute approximate surface area is 147 Å². The predicted molar refractivity (Wildman–Crippen MR) is 90.1 cm³/mol. The number of anilines is 1. The molecule has 0 bridgehead atoms. The van der Waals surface area contributed by atoms with Crippen molar-refractivity contribution in [2.75, 3.05) is 11.4 Å². The van der Waals surface area contributed by atoms with Gasteiger partial charge < -0.3 is 4.90 Å². The molecule has 0 amide bonds. The molecule has 0 fully saturated rings. The summed E-state index contributed by atoms with van der Waals surface area (Å²) in [6.45, 7) is 0.0694. The van der Waals surface area contributed by atoms with Gasteiger partial charge in [-0.05, 0) is 30.3 Å². The summed E-state index contributed by atoms with van der Waals surface area (Å²) < 4.78 is 62.3. The van der Waals surface area contributed by atoms with E-state index in [0.717, 1.165) is 6.20 Å². The lowest BCUT2D eigenvalue weighted by atomic mass is 10.1. The molecular weight excluding hydrogens is 369 g/mol. The lowest BCUT2D eigenvalue weighted by Crippen LogP contribution is -2.32. The second-order valence-corrected chi connectivity index (χ2v) is 7.04. The van der Waals surface area contributed by atoms with E-state index in [0.29, 0.717) is 11.3 Å². The second-order valence-electron chi connectivity index (χ2n) is 5.48. The highest BCUT2D eigenvalue weighted by atomic mass is 32.2. The maximum atomic E-state index is 13.2. The van der Waals surface area contributed by atoms with Gasteiger partial charge in [0.15, 0.2) is 5.70 Å². The van der Waals surface area contributed by atoms with Gasteiger partial charge in [-0.1, -0.05) is 6.07 Å². The van der Waals surface area contributed by atoms with E-state index in [1.54, 1.807) is 12.1 Å². The van der Waals surface area contributed by atoms with Crippen LogP contribution in [0.1, 0.15) is 5.56 Å². The molecule has 3 rings (SSSR count). The Balaban J connectivity index is 2.00. The number of hydrogen-bond donors (Lipinski definition) is 1. The van der Waals surface area contributed by atoms with Gasteiger partial charge in [0.1, 0.15) is 0 Å². The molecule has 6 nitrogen and oxygen atoms in total. The summed E-state index contributed by atoms with van der Waals surface area (Å²) in [5, 5.41) is 5.03. The summed E-state index contributed by atoms with van der Waals surface area (Å²) in [5.41, 5.74) is -0.0227. The van der Waals surface area contributed by atoms with Gasteiger partial charge in [0.2, 0.25) is 10.0 Å². The van der Waals surface area contributed by atoms with Crippen molar-refractivity contribution in [2.45, 2.75) is 11.1 Å². The van der Waals surface area contributed by atoms with Crippen LogP contribution in [0.5, 0.6) is 0 Å². The molecule has 0 aliphatic carbocycles.